The topological polar surface area (TPSA) is 236 Å². The molecule has 1 saturated heterocycles. The van der Waals surface area contributed by atoms with Crippen LogP contribution in [0.4, 0.5) is 0 Å². The van der Waals surface area contributed by atoms with Gasteiger partial charge in [-0.2, -0.15) is 0 Å². The predicted molar refractivity (Wildman–Crippen MR) is 286 cm³/mol. The highest BCUT2D eigenvalue weighted by atomic mass is 16.2. The summed E-state index contributed by atoms with van der Waals surface area (Å²) in [6.07, 6.45) is 7.17. The number of ketones is 1. The third-order valence-corrected chi connectivity index (χ3v) is 16.9. The number of carbonyl (C=O) groups is 8. The van der Waals surface area contributed by atoms with Gasteiger partial charge in [-0.25, -0.2) is 0 Å². The number of fused-ring (bicyclic) bond motifs is 2. The lowest BCUT2D eigenvalue weighted by Crippen LogP contribution is -2.59. The third kappa shape index (κ3) is 13.3. The lowest BCUT2D eigenvalue weighted by atomic mass is 9.77. The second-order valence-corrected chi connectivity index (χ2v) is 24.3. The highest BCUT2D eigenvalue weighted by Gasteiger charge is 2.51. The fourth-order valence-corrected chi connectivity index (χ4v) is 12.3. The van der Waals surface area contributed by atoms with E-state index in [4.69, 9.17) is 0 Å². The van der Waals surface area contributed by atoms with Crippen molar-refractivity contribution in [1.29, 1.82) is 0 Å². The molecule has 410 valence electrons. The number of rotatable bonds is 17. The summed E-state index contributed by atoms with van der Waals surface area (Å²) in [5.41, 5.74) is 3.04. The quantitative estimate of drug-likeness (QED) is 0.112. The molecule has 17 nitrogen and oxygen atoms in total. The zero-order chi connectivity index (χ0) is 54.5. The Balaban J connectivity index is 1.08. The van der Waals surface area contributed by atoms with Crippen molar-refractivity contribution < 1.29 is 38.4 Å². The van der Waals surface area contributed by atoms with Crippen LogP contribution in [0.1, 0.15) is 154 Å². The van der Waals surface area contributed by atoms with E-state index in [1.54, 1.807) is 27.9 Å². The fourth-order valence-electron chi connectivity index (χ4n) is 12.3. The SMILES string of the molecule is CN[C@@H](C)C(=O)NC(C(=O)C1C[C@@H](NC(=O)C2CCCC2C(=O)N[C@H]2CC(C(=O)N[C@@H]3CCCc4ccccc43)N(C(=O)[C@@H](NC(=O)[C@H](C)NC)C(C)(C)C)C2)CC1C(=O)N[C@@H]1CCCc2ccccc21)C(C)(C)C. The minimum atomic E-state index is -0.982. The van der Waals surface area contributed by atoms with Gasteiger partial charge in [-0.3, -0.25) is 38.4 Å². The van der Waals surface area contributed by atoms with Gasteiger partial charge in [0.2, 0.25) is 41.4 Å². The van der Waals surface area contributed by atoms with E-state index in [-0.39, 0.29) is 79.1 Å². The van der Waals surface area contributed by atoms with Crippen LogP contribution in [-0.4, -0.2) is 115 Å². The van der Waals surface area contributed by atoms with Crippen molar-refractivity contribution in [3.05, 3.63) is 70.8 Å². The van der Waals surface area contributed by atoms with Crippen LogP contribution in [0.15, 0.2) is 48.5 Å². The van der Waals surface area contributed by atoms with Crippen LogP contribution >= 0.6 is 0 Å². The number of carbonyl (C=O) groups excluding carboxylic acids is 8. The maximum absolute atomic E-state index is 14.8. The second-order valence-electron chi connectivity index (χ2n) is 24.3. The summed E-state index contributed by atoms with van der Waals surface area (Å²) in [6, 6.07) is 10.5. The number of likely N-dealkylation sites (N-methyl/N-ethyl adjacent to an activating group) is 2. The highest BCUT2D eigenvalue weighted by molar-refractivity contribution is 5.97. The molecule has 0 radical (unpaired) electrons. The maximum atomic E-state index is 14.8. The maximum Gasteiger partial charge on any atom is 0.246 e. The summed E-state index contributed by atoms with van der Waals surface area (Å²) in [6.45, 7) is 14.7. The van der Waals surface area contributed by atoms with Gasteiger partial charge in [0.1, 0.15) is 12.1 Å². The van der Waals surface area contributed by atoms with Crippen LogP contribution in [0, 0.1) is 34.5 Å². The van der Waals surface area contributed by atoms with Gasteiger partial charge in [0.15, 0.2) is 5.78 Å². The Hall–Kier alpha value is -5.68. The molecule has 0 bridgehead atoms. The van der Waals surface area contributed by atoms with E-state index in [1.807, 2.05) is 77.9 Å². The molecule has 2 aromatic carbocycles. The van der Waals surface area contributed by atoms with Crippen molar-refractivity contribution in [1.82, 2.24) is 47.4 Å². The molecule has 7 amide bonds. The molecule has 1 heterocycles. The minimum absolute atomic E-state index is 0.0226. The van der Waals surface area contributed by atoms with E-state index in [0.29, 0.717) is 19.3 Å². The average Bonchev–Trinajstić information content (AvgIpc) is 4.16. The number of nitrogens with zero attached hydrogens (tertiary/aromatic N) is 1. The van der Waals surface area contributed by atoms with Gasteiger partial charge in [-0.1, -0.05) is 96.5 Å². The molecule has 5 aliphatic rings. The molecule has 3 fully saturated rings. The van der Waals surface area contributed by atoms with Gasteiger partial charge < -0.3 is 47.4 Å². The standard InChI is InChI=1S/C58H85N9O8/c1-32(59-9)50(69)65-48(57(3,4)5)47(68)42-28-36(29-43(42)54(73)63-44-26-15-20-34-18-11-13-22-38(34)44)61-52(71)40-24-17-25-41(40)53(72)62-37-30-46(55(74)64-45-27-16-21-35-19-12-14-23-39(35)45)67(31-37)56(75)49(58(6,7)8)66-51(70)33(2)60-10/h11-14,18-19,22-23,32-33,36-37,40-46,48-49,59-60H,15-17,20-21,24-31H2,1-10H3,(H,61,71)(H,62,72)(H,63,73)(H,64,74)(H,65,69)(H,66,70)/t32-,33-,36+,37-,40?,41?,42?,43?,44+,45+,46?,48?,49+/m0/s1. The summed E-state index contributed by atoms with van der Waals surface area (Å²) in [7, 11) is 3.33. The number of amides is 7. The summed E-state index contributed by atoms with van der Waals surface area (Å²) < 4.78 is 0. The number of benzene rings is 2. The van der Waals surface area contributed by atoms with Crippen LogP contribution < -0.4 is 42.5 Å². The van der Waals surface area contributed by atoms with Crippen molar-refractivity contribution in [2.75, 3.05) is 20.6 Å². The second kappa shape index (κ2) is 24.1. The molecule has 75 heavy (non-hydrogen) atoms. The number of hydrogen-bond acceptors (Lipinski definition) is 10. The Morgan fingerprint density at radius 3 is 1.48 bits per heavy atom. The number of nitrogens with one attached hydrogen (secondary N) is 8. The number of Topliss-reactive ketones (excluding diaryl/α,β-unsaturated/α-hetero) is 1. The molecule has 8 N–H and O–H groups in total. The normalized spacial score (nSPS) is 27.1. The monoisotopic (exact) mass is 1040 g/mol. The lowest BCUT2D eigenvalue weighted by Gasteiger charge is -2.36. The molecule has 0 aromatic heterocycles. The Labute approximate surface area is 444 Å². The first-order chi connectivity index (χ1) is 35.5. The van der Waals surface area contributed by atoms with Gasteiger partial charge >= 0.3 is 0 Å². The van der Waals surface area contributed by atoms with E-state index >= 15 is 0 Å². The Morgan fingerprint density at radius 2 is 0.973 bits per heavy atom. The fraction of sp³-hybridized carbons (Fsp3) is 0.655. The highest BCUT2D eigenvalue weighted by Crippen LogP contribution is 2.40. The van der Waals surface area contributed by atoms with E-state index in [2.05, 4.69) is 54.7 Å². The van der Waals surface area contributed by atoms with Crippen LogP contribution in [0.5, 0.6) is 0 Å². The first kappa shape index (κ1) is 57.0. The summed E-state index contributed by atoms with van der Waals surface area (Å²) >= 11 is 0. The third-order valence-electron chi connectivity index (χ3n) is 16.9. The van der Waals surface area contributed by atoms with Crippen molar-refractivity contribution in [3.63, 3.8) is 0 Å². The average molecular weight is 1040 g/mol. The first-order valence-corrected chi connectivity index (χ1v) is 27.7. The van der Waals surface area contributed by atoms with Gasteiger partial charge in [-0.05, 0) is 132 Å². The Morgan fingerprint density at radius 1 is 0.520 bits per heavy atom. The minimum Gasteiger partial charge on any atom is -0.353 e. The summed E-state index contributed by atoms with van der Waals surface area (Å²) in [5.74, 6) is -5.67. The predicted octanol–water partition coefficient (Wildman–Crippen LogP) is 4.23. The number of aryl methyl sites for hydroxylation is 2. The van der Waals surface area contributed by atoms with Gasteiger partial charge in [0.05, 0.1) is 30.2 Å². The van der Waals surface area contributed by atoms with E-state index in [9.17, 15) is 38.4 Å². The summed E-state index contributed by atoms with van der Waals surface area (Å²) in [4.78, 5) is 116. The van der Waals surface area contributed by atoms with Crippen molar-refractivity contribution in [2.45, 2.75) is 187 Å². The van der Waals surface area contributed by atoms with Crippen LogP contribution in [0.2, 0.25) is 0 Å². The van der Waals surface area contributed by atoms with Crippen LogP contribution in [0.25, 0.3) is 0 Å². The molecular formula is C58H85N9O8. The molecule has 2 saturated carbocycles. The van der Waals surface area contributed by atoms with Crippen LogP contribution in [-0.2, 0) is 51.2 Å². The zero-order valence-corrected chi connectivity index (χ0v) is 46.0. The molecule has 2 aromatic rings. The smallest absolute Gasteiger partial charge is 0.246 e. The summed E-state index contributed by atoms with van der Waals surface area (Å²) in [5, 5.41) is 24.6. The molecule has 17 heteroatoms. The molecule has 6 unspecified atom stereocenters. The van der Waals surface area contributed by atoms with E-state index < -0.39 is 82.7 Å². The Bertz CT molecular complexity index is 2280. The van der Waals surface area contributed by atoms with Crippen molar-refractivity contribution in [3.8, 4) is 0 Å². The largest absolute Gasteiger partial charge is 0.353 e. The molecule has 13 atom stereocenters. The molecule has 7 rings (SSSR count). The van der Waals surface area contributed by atoms with Crippen LogP contribution in [0.3, 0.4) is 0 Å². The van der Waals surface area contributed by atoms with Gasteiger partial charge in [0.25, 0.3) is 0 Å². The van der Waals surface area contributed by atoms with E-state index in [1.165, 1.54) is 16.0 Å². The molecule has 4 aliphatic carbocycles. The van der Waals surface area contributed by atoms with Crippen molar-refractivity contribution >= 4 is 47.1 Å². The lowest BCUT2D eigenvalue weighted by molar-refractivity contribution is -0.144. The Kier molecular flexibility index (Phi) is 18.3. The molecule has 1 aliphatic heterocycles. The van der Waals surface area contributed by atoms with Crippen molar-refractivity contribution in [2.24, 2.45) is 34.5 Å². The van der Waals surface area contributed by atoms with Gasteiger partial charge in [0, 0.05) is 42.3 Å². The van der Waals surface area contributed by atoms with Gasteiger partial charge in [-0.15, -0.1) is 0 Å². The molecule has 0 spiro atoms. The first-order valence-electron chi connectivity index (χ1n) is 27.7. The molecular weight excluding hydrogens is 951 g/mol. The zero-order valence-electron chi connectivity index (χ0n) is 46.0. The van der Waals surface area contributed by atoms with E-state index in [0.717, 1.165) is 49.7 Å². The number of likely N-dealkylation sites (tertiary alicyclic amines) is 1. The number of hydrogen-bond donors (Lipinski definition) is 8.